The van der Waals surface area contributed by atoms with Gasteiger partial charge in [-0.25, -0.2) is 4.79 Å². The molecule has 1 aliphatic carbocycles. The van der Waals surface area contributed by atoms with Gasteiger partial charge in [0.25, 0.3) is 0 Å². The van der Waals surface area contributed by atoms with Crippen LogP contribution in [0.15, 0.2) is 0 Å². The summed E-state index contributed by atoms with van der Waals surface area (Å²) < 4.78 is 5.22. The van der Waals surface area contributed by atoms with Crippen LogP contribution in [0.3, 0.4) is 0 Å². The molecule has 1 fully saturated rings. The molecule has 22 heavy (non-hydrogen) atoms. The summed E-state index contributed by atoms with van der Waals surface area (Å²) in [6.07, 6.45) is 2.46. The van der Waals surface area contributed by atoms with Gasteiger partial charge in [-0.2, -0.15) is 5.26 Å². The lowest BCUT2D eigenvalue weighted by atomic mass is 9.77. The number of amides is 1. The topological polar surface area (TPSA) is 99.4 Å². The van der Waals surface area contributed by atoms with E-state index in [2.05, 4.69) is 5.32 Å². The number of ether oxygens (including phenoxy) is 1. The van der Waals surface area contributed by atoms with E-state index in [9.17, 15) is 20.0 Å². The first-order valence-corrected chi connectivity index (χ1v) is 7.78. The number of carboxylic acids is 1. The molecule has 6 nitrogen and oxygen atoms in total. The van der Waals surface area contributed by atoms with Crippen molar-refractivity contribution < 1.29 is 19.4 Å². The van der Waals surface area contributed by atoms with Crippen LogP contribution in [0.2, 0.25) is 0 Å². The molecule has 1 unspecified atom stereocenters. The van der Waals surface area contributed by atoms with Crippen molar-refractivity contribution >= 4 is 12.1 Å². The number of carbonyl (C=O) groups excluding carboxylic acids is 1. The summed E-state index contributed by atoms with van der Waals surface area (Å²) >= 11 is 0. The van der Waals surface area contributed by atoms with E-state index in [1.807, 2.05) is 13.0 Å². The van der Waals surface area contributed by atoms with Gasteiger partial charge in [-0.1, -0.05) is 13.3 Å². The average Bonchev–Trinajstić information content (AvgIpc) is 3.17. The van der Waals surface area contributed by atoms with Crippen molar-refractivity contribution in [3.63, 3.8) is 0 Å². The smallest absolute Gasteiger partial charge is 0.407 e. The molecule has 0 aromatic heterocycles. The molecule has 0 bridgehead atoms. The van der Waals surface area contributed by atoms with Gasteiger partial charge in [-0.15, -0.1) is 0 Å². The second-order valence-electron chi connectivity index (χ2n) is 7.00. The standard InChI is InChI=1S/C16H26N2O4/c1-5-6-12(18-14(21)22-15(2,3)4)9-16(10-17,13(19)20)11-7-8-11/h11-12H,5-9H2,1-4H3,(H,18,21)(H,19,20)/t12-,16?/m1/s1. The molecule has 124 valence electrons. The van der Waals surface area contributed by atoms with Gasteiger partial charge in [0.15, 0.2) is 5.41 Å². The summed E-state index contributed by atoms with van der Waals surface area (Å²) in [6.45, 7) is 7.25. The third-order valence-electron chi connectivity index (χ3n) is 3.78. The Labute approximate surface area is 131 Å². The van der Waals surface area contributed by atoms with Gasteiger partial charge < -0.3 is 15.2 Å². The molecule has 0 saturated heterocycles. The molecule has 6 heteroatoms. The third-order valence-corrected chi connectivity index (χ3v) is 3.78. The van der Waals surface area contributed by atoms with Crippen molar-refractivity contribution in [1.82, 2.24) is 5.32 Å². The highest BCUT2D eigenvalue weighted by Crippen LogP contribution is 2.48. The predicted molar refractivity (Wildman–Crippen MR) is 81.1 cm³/mol. The fourth-order valence-electron chi connectivity index (χ4n) is 2.63. The molecule has 0 aromatic carbocycles. The molecule has 0 radical (unpaired) electrons. The first kappa shape index (κ1) is 18.3. The molecule has 0 heterocycles. The normalized spacial score (nSPS) is 18.7. The number of nitrogens with one attached hydrogen (secondary N) is 1. The van der Waals surface area contributed by atoms with Crippen molar-refractivity contribution in [3.05, 3.63) is 0 Å². The molecule has 0 aliphatic heterocycles. The number of hydrogen-bond donors (Lipinski definition) is 2. The molecule has 1 saturated carbocycles. The van der Waals surface area contributed by atoms with Crippen LogP contribution in [-0.2, 0) is 9.53 Å². The molecular weight excluding hydrogens is 284 g/mol. The Morgan fingerprint density at radius 3 is 2.36 bits per heavy atom. The van der Waals surface area contributed by atoms with Gasteiger partial charge in [-0.3, -0.25) is 4.79 Å². The molecule has 1 aliphatic rings. The Balaban J connectivity index is 2.80. The number of aliphatic carboxylic acids is 1. The van der Waals surface area contributed by atoms with Gasteiger partial charge in [0, 0.05) is 6.04 Å². The summed E-state index contributed by atoms with van der Waals surface area (Å²) in [7, 11) is 0. The number of carboxylic acid groups (broad SMARTS) is 1. The van der Waals surface area contributed by atoms with E-state index in [0.29, 0.717) is 6.42 Å². The largest absolute Gasteiger partial charge is 0.480 e. The van der Waals surface area contributed by atoms with Gasteiger partial charge in [0.05, 0.1) is 6.07 Å². The minimum atomic E-state index is -1.41. The van der Waals surface area contributed by atoms with E-state index >= 15 is 0 Å². The van der Waals surface area contributed by atoms with E-state index in [-0.39, 0.29) is 18.4 Å². The Morgan fingerprint density at radius 1 is 1.41 bits per heavy atom. The van der Waals surface area contributed by atoms with Gasteiger partial charge >= 0.3 is 12.1 Å². The monoisotopic (exact) mass is 310 g/mol. The van der Waals surface area contributed by atoms with Crippen LogP contribution in [0.4, 0.5) is 4.79 Å². The number of rotatable bonds is 7. The van der Waals surface area contributed by atoms with Crippen LogP contribution < -0.4 is 5.32 Å². The molecule has 1 amide bonds. The number of alkyl carbamates (subject to hydrolysis) is 1. The van der Waals surface area contributed by atoms with Crippen LogP contribution in [0, 0.1) is 22.7 Å². The van der Waals surface area contributed by atoms with E-state index in [0.717, 1.165) is 19.3 Å². The lowest BCUT2D eigenvalue weighted by Gasteiger charge is -2.29. The van der Waals surface area contributed by atoms with Crippen molar-refractivity contribution in [2.75, 3.05) is 0 Å². The van der Waals surface area contributed by atoms with E-state index in [4.69, 9.17) is 4.74 Å². The minimum absolute atomic E-state index is 0.116. The highest BCUT2D eigenvalue weighted by atomic mass is 16.6. The van der Waals surface area contributed by atoms with Crippen molar-refractivity contribution in [3.8, 4) is 6.07 Å². The predicted octanol–water partition coefficient (Wildman–Crippen LogP) is 3.07. The molecule has 1 rings (SSSR count). The SMILES string of the molecule is CCC[C@H](CC(C#N)(C(=O)O)C1CC1)NC(=O)OC(C)(C)C. The summed E-state index contributed by atoms with van der Waals surface area (Å²) in [6, 6.07) is 1.62. The van der Waals surface area contributed by atoms with Crippen LogP contribution in [0.5, 0.6) is 0 Å². The lowest BCUT2D eigenvalue weighted by molar-refractivity contribution is -0.147. The van der Waals surface area contributed by atoms with Gasteiger partial charge in [-0.05, 0) is 52.4 Å². The number of nitrogens with zero attached hydrogens (tertiary/aromatic N) is 1. The van der Waals surface area contributed by atoms with E-state index in [1.54, 1.807) is 20.8 Å². The summed E-state index contributed by atoms with van der Waals surface area (Å²) in [5, 5.41) is 21.7. The quantitative estimate of drug-likeness (QED) is 0.752. The number of carbonyl (C=O) groups is 2. The Hall–Kier alpha value is -1.77. The Bertz CT molecular complexity index is 460. The van der Waals surface area contributed by atoms with Crippen molar-refractivity contribution in [1.29, 1.82) is 5.26 Å². The maximum Gasteiger partial charge on any atom is 0.407 e. The Morgan fingerprint density at radius 2 is 2.00 bits per heavy atom. The maximum absolute atomic E-state index is 11.9. The molecule has 2 N–H and O–H groups in total. The first-order chi connectivity index (χ1) is 10.1. The van der Waals surface area contributed by atoms with Crippen LogP contribution >= 0.6 is 0 Å². The zero-order valence-corrected chi connectivity index (χ0v) is 13.8. The average molecular weight is 310 g/mol. The van der Waals surface area contributed by atoms with Gasteiger partial charge in [0.1, 0.15) is 5.60 Å². The van der Waals surface area contributed by atoms with Crippen LogP contribution in [-0.4, -0.2) is 28.8 Å². The zero-order chi connectivity index (χ0) is 17.0. The summed E-state index contributed by atoms with van der Waals surface area (Å²) in [5.41, 5.74) is -2.02. The maximum atomic E-state index is 11.9. The minimum Gasteiger partial charge on any atom is -0.480 e. The fourth-order valence-corrected chi connectivity index (χ4v) is 2.63. The fraction of sp³-hybridized carbons (Fsp3) is 0.812. The Kier molecular flexibility index (Phi) is 5.81. The second-order valence-corrected chi connectivity index (χ2v) is 7.00. The first-order valence-electron chi connectivity index (χ1n) is 7.78. The molecule has 0 aromatic rings. The van der Waals surface area contributed by atoms with Crippen LogP contribution in [0.25, 0.3) is 0 Å². The zero-order valence-electron chi connectivity index (χ0n) is 13.8. The van der Waals surface area contributed by atoms with Crippen molar-refractivity contribution in [2.24, 2.45) is 11.3 Å². The number of hydrogen-bond acceptors (Lipinski definition) is 4. The van der Waals surface area contributed by atoms with E-state index in [1.165, 1.54) is 0 Å². The lowest BCUT2D eigenvalue weighted by Crippen LogP contribution is -2.44. The summed E-state index contributed by atoms with van der Waals surface area (Å²) in [5.74, 6) is -1.21. The molecule has 0 spiro atoms. The van der Waals surface area contributed by atoms with Crippen LogP contribution in [0.1, 0.15) is 59.8 Å². The highest BCUT2D eigenvalue weighted by molar-refractivity contribution is 5.79. The third kappa shape index (κ3) is 4.90. The van der Waals surface area contributed by atoms with Crippen molar-refractivity contribution in [2.45, 2.75) is 71.4 Å². The molecular formula is C16H26N2O4. The highest BCUT2D eigenvalue weighted by Gasteiger charge is 2.53. The van der Waals surface area contributed by atoms with E-state index < -0.39 is 23.1 Å². The number of nitriles is 1. The van der Waals surface area contributed by atoms with Gasteiger partial charge in [0.2, 0.25) is 0 Å². The summed E-state index contributed by atoms with van der Waals surface area (Å²) in [4.78, 5) is 23.5. The second kappa shape index (κ2) is 6.99. The molecule has 2 atom stereocenters.